The van der Waals surface area contributed by atoms with Crippen LogP contribution in [0.4, 0.5) is 0 Å². The van der Waals surface area contributed by atoms with E-state index in [4.69, 9.17) is 32.3 Å². The average Bonchev–Trinajstić information content (AvgIpc) is 0.913. The van der Waals surface area contributed by atoms with Gasteiger partial charge in [-0.05, 0) is 109 Å². The molecule has 16 nitrogen and oxygen atoms in total. The van der Waals surface area contributed by atoms with Gasteiger partial charge < -0.3 is 34.2 Å². The molecule has 5 unspecified atom stereocenters. The van der Waals surface area contributed by atoms with Crippen molar-refractivity contribution in [3.63, 3.8) is 0 Å². The molecule has 0 radical (unpaired) electrons. The third kappa shape index (κ3) is 81.0. The first-order chi connectivity index (χ1) is 51.2. The Labute approximate surface area is 640 Å². The second-order valence-corrected chi connectivity index (χ2v) is 31.2. The lowest BCUT2D eigenvalue weighted by molar-refractivity contribution is -0.161. The predicted octanol–water partition coefficient (Wildman–Crippen LogP) is 25.1. The highest BCUT2D eigenvalue weighted by Crippen LogP contribution is 2.45. The van der Waals surface area contributed by atoms with Crippen molar-refractivity contribution in [1.82, 2.24) is 0 Å². The summed E-state index contributed by atoms with van der Waals surface area (Å²) in [6.45, 7) is 2.59. The molecule has 5 atom stereocenters. The molecule has 18 heteroatoms. The third-order valence-electron chi connectivity index (χ3n) is 18.0. The van der Waals surface area contributed by atoms with Gasteiger partial charge in [0.2, 0.25) is 0 Å². The van der Waals surface area contributed by atoms with Gasteiger partial charge in [0.25, 0.3) is 0 Å². The third-order valence-corrected chi connectivity index (χ3v) is 19.9. The monoisotopic (exact) mass is 1520 g/mol. The van der Waals surface area contributed by atoms with E-state index in [1.165, 1.54) is 173 Å². The maximum atomic E-state index is 13.0. The number of ether oxygens (including phenoxy) is 3. The fourth-order valence-corrected chi connectivity index (χ4v) is 13.2. The van der Waals surface area contributed by atoms with Crippen molar-refractivity contribution in [2.75, 3.05) is 39.6 Å². The topological polar surface area (TPSA) is 231 Å². The van der Waals surface area contributed by atoms with E-state index in [0.717, 1.165) is 135 Å². The van der Waals surface area contributed by atoms with Crippen LogP contribution in [0.3, 0.4) is 0 Å². The van der Waals surface area contributed by atoms with Gasteiger partial charge in [0.1, 0.15) is 25.4 Å². The Morgan fingerprint density at radius 1 is 0.276 bits per heavy atom. The van der Waals surface area contributed by atoms with Crippen molar-refractivity contribution in [3.05, 3.63) is 109 Å². The molecule has 0 aromatic heterocycles. The molecule has 608 valence electrons. The minimum atomic E-state index is -4.93. The van der Waals surface area contributed by atoms with E-state index in [9.17, 15) is 43.5 Å². The molecule has 4 N–H and O–H groups in total. The van der Waals surface area contributed by atoms with Gasteiger partial charge in [-0.25, -0.2) is 9.13 Å². The molecule has 105 heavy (non-hydrogen) atoms. The zero-order valence-electron chi connectivity index (χ0n) is 66.6. The van der Waals surface area contributed by atoms with Gasteiger partial charge >= 0.3 is 33.6 Å². The van der Waals surface area contributed by atoms with Crippen LogP contribution in [0, 0.1) is 0 Å². The molecule has 0 aromatic carbocycles. The van der Waals surface area contributed by atoms with Crippen LogP contribution in [0.2, 0.25) is 0 Å². The summed E-state index contributed by atoms with van der Waals surface area (Å²) in [7, 11) is -9.79. The molecule has 0 heterocycles. The Balaban J connectivity index is 4.52. The Hall–Kier alpha value is -3.79. The van der Waals surface area contributed by atoms with E-state index < -0.39 is 91.5 Å². The lowest BCUT2D eigenvalue weighted by atomic mass is 10.0. The molecule has 0 amide bonds. The number of hydrogen-bond acceptors (Lipinski definition) is 14. The lowest BCUT2D eigenvalue weighted by Gasteiger charge is -2.21. The number of allylic oxidation sites excluding steroid dienone is 18. The van der Waals surface area contributed by atoms with E-state index in [0.29, 0.717) is 19.3 Å². The fourth-order valence-electron chi connectivity index (χ4n) is 11.6. The van der Waals surface area contributed by atoms with Crippen LogP contribution in [0.25, 0.3) is 0 Å². The number of unbranched alkanes of at least 4 members (excludes halogenated alkanes) is 39. The second-order valence-electron chi connectivity index (χ2n) is 28.3. The highest BCUT2D eigenvalue weighted by Gasteiger charge is 2.29. The van der Waals surface area contributed by atoms with Gasteiger partial charge in [-0.1, -0.05) is 348 Å². The van der Waals surface area contributed by atoms with Crippen molar-refractivity contribution in [3.8, 4) is 0 Å². The molecule has 0 saturated carbocycles. The number of aliphatic hydroxyl groups is 2. The molecule has 0 aromatic rings. The van der Waals surface area contributed by atoms with Crippen molar-refractivity contribution >= 4 is 33.6 Å². The molecule has 0 aliphatic rings. The summed E-state index contributed by atoms with van der Waals surface area (Å²) in [5.41, 5.74) is 0. The number of aliphatic hydroxyl groups excluding tert-OH is 2. The number of phosphoric ester groups is 2. The summed E-state index contributed by atoms with van der Waals surface area (Å²) in [6.07, 6.45) is 94.1. The number of hydrogen-bond donors (Lipinski definition) is 4. The molecular weight excluding hydrogens is 1360 g/mol. The molecular formula is C87H154O16P2. The molecule has 0 spiro atoms. The molecule has 0 saturated heterocycles. The Morgan fingerprint density at radius 2 is 0.505 bits per heavy atom. The van der Waals surface area contributed by atoms with Gasteiger partial charge in [-0.15, -0.1) is 0 Å². The number of esters is 3. The summed E-state index contributed by atoms with van der Waals surface area (Å²) in [4.78, 5) is 58.8. The summed E-state index contributed by atoms with van der Waals surface area (Å²) >= 11 is 0. The van der Waals surface area contributed by atoms with Crippen LogP contribution in [-0.2, 0) is 55.8 Å². The highest BCUT2D eigenvalue weighted by atomic mass is 31.2. The van der Waals surface area contributed by atoms with Crippen molar-refractivity contribution in [1.29, 1.82) is 0 Å². The average molecular weight is 1520 g/mol. The maximum Gasteiger partial charge on any atom is 0.472 e. The molecule has 0 aliphatic heterocycles. The predicted molar refractivity (Wildman–Crippen MR) is 436 cm³/mol. The smallest absolute Gasteiger partial charge is 0.463 e. The van der Waals surface area contributed by atoms with Gasteiger partial charge in [0.15, 0.2) is 6.10 Å². The fraction of sp³-hybridized carbons (Fsp3) is 0.759. The molecule has 0 bridgehead atoms. The van der Waals surface area contributed by atoms with E-state index in [1.54, 1.807) is 0 Å². The Kier molecular flexibility index (Phi) is 76.9. The summed E-state index contributed by atoms with van der Waals surface area (Å²) in [5, 5.41) is 20.7. The molecule has 0 fully saturated rings. The number of carbonyl (C=O) groups is 3. The minimum Gasteiger partial charge on any atom is -0.463 e. The summed E-state index contributed by atoms with van der Waals surface area (Å²) < 4.78 is 61.3. The Morgan fingerprint density at radius 3 is 0.819 bits per heavy atom. The van der Waals surface area contributed by atoms with Crippen LogP contribution in [-0.4, -0.2) is 95.9 Å². The lowest BCUT2D eigenvalue weighted by Crippen LogP contribution is -2.30. The minimum absolute atomic E-state index is 0.107. The SMILES string of the molecule is CC/C=C\C/C=C\C/C=C\C/C=C\C/C=C\CCCCCCCCCCCCCCCC(=O)OCC(O)COP(=O)(O)OCC(O)COP(=O)(O)OCC(COC(=O)CCCCCCCCCCC/C=C\C/C=C\C/C=C\C/C=C\CCCCC)OC(=O)CCCCCCCCCCCCCCCCC. The quantitative estimate of drug-likeness (QED) is 0.0146. The van der Waals surface area contributed by atoms with Gasteiger partial charge in [-0.3, -0.25) is 32.5 Å². The van der Waals surface area contributed by atoms with Gasteiger partial charge in [0.05, 0.1) is 26.4 Å². The highest BCUT2D eigenvalue weighted by molar-refractivity contribution is 7.47. The molecule has 0 aliphatic carbocycles. The second kappa shape index (κ2) is 79.8. The maximum absolute atomic E-state index is 13.0. The normalized spacial score (nSPS) is 14.5. The summed E-state index contributed by atoms with van der Waals surface area (Å²) in [5.74, 6) is -1.56. The zero-order chi connectivity index (χ0) is 76.6. The first-order valence-corrected chi connectivity index (χ1v) is 45.2. The van der Waals surface area contributed by atoms with Crippen LogP contribution < -0.4 is 0 Å². The first-order valence-electron chi connectivity index (χ1n) is 42.2. The van der Waals surface area contributed by atoms with Gasteiger partial charge in [-0.2, -0.15) is 0 Å². The van der Waals surface area contributed by atoms with Crippen molar-refractivity contribution in [2.45, 2.75) is 386 Å². The van der Waals surface area contributed by atoms with Gasteiger partial charge in [0, 0.05) is 19.3 Å². The van der Waals surface area contributed by atoms with Crippen molar-refractivity contribution in [2.24, 2.45) is 0 Å². The number of rotatable bonds is 80. The van der Waals surface area contributed by atoms with Crippen LogP contribution in [0.5, 0.6) is 0 Å². The molecule has 0 rings (SSSR count). The largest absolute Gasteiger partial charge is 0.472 e. The van der Waals surface area contributed by atoms with Crippen LogP contribution in [0.15, 0.2) is 109 Å². The standard InChI is InChI=1S/C87H154O16P2/c1-4-7-10-13-16-19-22-25-28-30-32-34-36-38-39-40-41-43-45-46-48-50-53-55-58-61-64-67-70-73-85(90)97-76-82(88)77-99-104(93,94)100-78-83(89)79-101-105(95,96)102-81-84(103-87(92)75-72-69-66-63-60-57-52-27-24-21-18-15-12-9-6-3)80-98-86(91)74-71-68-65-62-59-56-54-51-49-47-44-42-37-35-33-31-29-26-23-20-17-14-11-8-5-2/h7,10,16-17,19-20,25-26,28-29,32-35,38-39,42,44,82-84,88-89H,4-6,8-9,11-15,18,21-24,27,30-31,36-37,40-41,43,45-81H2,1-3H3,(H,93,94)(H,95,96)/b10-7-,19-16-,20-17-,28-25-,29-26-,34-32-,35-33-,39-38-,44-42-. The van der Waals surface area contributed by atoms with E-state index in [-0.39, 0.29) is 19.3 Å². The zero-order valence-corrected chi connectivity index (χ0v) is 68.4. The van der Waals surface area contributed by atoms with Crippen LogP contribution in [0.1, 0.15) is 367 Å². The first kappa shape index (κ1) is 101. The number of carbonyl (C=O) groups excluding carboxylic acids is 3. The van der Waals surface area contributed by atoms with Crippen molar-refractivity contribution < 1.29 is 75.8 Å². The van der Waals surface area contributed by atoms with Crippen LogP contribution >= 0.6 is 15.6 Å². The van der Waals surface area contributed by atoms with E-state index >= 15 is 0 Å². The van der Waals surface area contributed by atoms with E-state index in [1.807, 2.05) is 0 Å². The Bertz CT molecular complexity index is 2340. The van der Waals surface area contributed by atoms with E-state index in [2.05, 4.69) is 130 Å². The summed E-state index contributed by atoms with van der Waals surface area (Å²) in [6, 6.07) is 0. The number of phosphoric acid groups is 2.